The molecule has 1 aromatic heterocycles. The summed E-state index contributed by atoms with van der Waals surface area (Å²) in [5, 5.41) is 13.6. The Bertz CT molecular complexity index is 559. The van der Waals surface area contributed by atoms with E-state index in [1.54, 1.807) is 24.5 Å². The lowest BCUT2D eigenvalue weighted by Crippen LogP contribution is -2.03. The van der Waals surface area contributed by atoms with Gasteiger partial charge in [-0.25, -0.2) is 9.97 Å². The zero-order valence-corrected chi connectivity index (χ0v) is 10.8. The Labute approximate surface area is 111 Å². The second kappa shape index (κ2) is 5.54. The molecule has 18 heavy (non-hydrogen) atoms. The lowest BCUT2D eigenvalue weighted by Gasteiger charge is -2.04. The zero-order chi connectivity index (χ0) is 13.0. The summed E-state index contributed by atoms with van der Waals surface area (Å²) in [6.07, 6.45) is 3.26. The van der Waals surface area contributed by atoms with Crippen LogP contribution in [-0.4, -0.2) is 14.9 Å². The second-order valence-corrected chi connectivity index (χ2v) is 4.42. The SMILES string of the molecule is O=[N+]([O-])c1cccc(CNc2ncc(Br)cn2)c1. The van der Waals surface area contributed by atoms with Gasteiger partial charge in [0.25, 0.3) is 5.69 Å². The summed E-state index contributed by atoms with van der Waals surface area (Å²) in [5.41, 5.74) is 0.877. The predicted octanol–water partition coefficient (Wildman–Crippen LogP) is 2.76. The molecule has 0 amide bonds. The van der Waals surface area contributed by atoms with E-state index in [-0.39, 0.29) is 5.69 Å². The van der Waals surface area contributed by atoms with Crippen molar-refractivity contribution in [1.29, 1.82) is 0 Å². The summed E-state index contributed by atoms with van der Waals surface area (Å²) in [5.74, 6) is 0.477. The fraction of sp³-hybridized carbons (Fsp3) is 0.0909. The first-order valence-electron chi connectivity index (χ1n) is 5.10. The maximum Gasteiger partial charge on any atom is 0.269 e. The highest BCUT2D eigenvalue weighted by molar-refractivity contribution is 9.10. The van der Waals surface area contributed by atoms with Crippen LogP contribution in [0.2, 0.25) is 0 Å². The fourth-order valence-electron chi connectivity index (χ4n) is 1.36. The molecule has 1 aromatic carbocycles. The molecular weight excluding hydrogens is 300 g/mol. The minimum absolute atomic E-state index is 0.0750. The van der Waals surface area contributed by atoms with Crippen molar-refractivity contribution in [3.8, 4) is 0 Å². The van der Waals surface area contributed by atoms with E-state index in [1.807, 2.05) is 0 Å². The Kier molecular flexibility index (Phi) is 3.83. The standard InChI is InChI=1S/C11H9BrN4O2/c12-9-6-14-11(15-7-9)13-5-8-2-1-3-10(4-8)16(17)18/h1-4,6-7H,5H2,(H,13,14,15). The van der Waals surface area contributed by atoms with E-state index in [2.05, 4.69) is 31.2 Å². The minimum atomic E-state index is -0.417. The smallest absolute Gasteiger partial charge is 0.269 e. The molecule has 0 aliphatic carbocycles. The van der Waals surface area contributed by atoms with Gasteiger partial charge in [-0.2, -0.15) is 0 Å². The molecule has 92 valence electrons. The van der Waals surface area contributed by atoms with E-state index in [1.165, 1.54) is 12.1 Å². The molecule has 0 fully saturated rings. The number of non-ortho nitro benzene ring substituents is 1. The third kappa shape index (κ3) is 3.24. The number of benzene rings is 1. The molecule has 0 saturated heterocycles. The van der Waals surface area contributed by atoms with E-state index in [0.29, 0.717) is 12.5 Å². The predicted molar refractivity (Wildman–Crippen MR) is 70.2 cm³/mol. The molecule has 0 bridgehead atoms. The highest BCUT2D eigenvalue weighted by Crippen LogP contribution is 2.14. The quantitative estimate of drug-likeness (QED) is 0.694. The Balaban J connectivity index is 2.04. The van der Waals surface area contributed by atoms with Gasteiger partial charge >= 0.3 is 0 Å². The van der Waals surface area contributed by atoms with Crippen LogP contribution in [-0.2, 0) is 6.54 Å². The lowest BCUT2D eigenvalue weighted by atomic mass is 10.2. The topological polar surface area (TPSA) is 81.0 Å². The third-order valence-corrected chi connectivity index (χ3v) is 2.60. The van der Waals surface area contributed by atoms with Crippen molar-refractivity contribution < 1.29 is 4.92 Å². The summed E-state index contributed by atoms with van der Waals surface area (Å²) in [4.78, 5) is 18.3. The summed E-state index contributed by atoms with van der Waals surface area (Å²) in [6, 6.07) is 6.43. The Morgan fingerprint density at radius 1 is 1.33 bits per heavy atom. The number of hydrogen-bond acceptors (Lipinski definition) is 5. The summed E-state index contributed by atoms with van der Waals surface area (Å²) < 4.78 is 0.795. The van der Waals surface area contributed by atoms with Gasteiger partial charge in [-0.05, 0) is 21.5 Å². The molecule has 0 atom stereocenters. The first kappa shape index (κ1) is 12.4. The average Bonchev–Trinajstić information content (AvgIpc) is 2.38. The molecule has 2 aromatic rings. The van der Waals surface area contributed by atoms with Crippen molar-refractivity contribution in [2.45, 2.75) is 6.54 Å². The molecule has 2 rings (SSSR count). The van der Waals surface area contributed by atoms with Crippen LogP contribution < -0.4 is 5.32 Å². The molecule has 0 spiro atoms. The third-order valence-electron chi connectivity index (χ3n) is 2.19. The van der Waals surface area contributed by atoms with E-state index in [4.69, 9.17) is 0 Å². The molecule has 1 heterocycles. The van der Waals surface area contributed by atoms with Gasteiger partial charge in [0.05, 0.1) is 9.40 Å². The van der Waals surface area contributed by atoms with E-state index in [9.17, 15) is 10.1 Å². The number of anilines is 1. The van der Waals surface area contributed by atoms with Gasteiger partial charge < -0.3 is 5.32 Å². The van der Waals surface area contributed by atoms with Gasteiger partial charge in [-0.1, -0.05) is 12.1 Å². The van der Waals surface area contributed by atoms with Gasteiger partial charge in [-0.15, -0.1) is 0 Å². The van der Waals surface area contributed by atoms with Crippen molar-refractivity contribution in [3.05, 3.63) is 56.8 Å². The number of nitro benzene ring substituents is 1. The fourth-order valence-corrected chi connectivity index (χ4v) is 1.57. The number of nitro groups is 1. The van der Waals surface area contributed by atoms with Crippen molar-refractivity contribution >= 4 is 27.6 Å². The largest absolute Gasteiger partial charge is 0.350 e. The van der Waals surface area contributed by atoms with Crippen molar-refractivity contribution in [1.82, 2.24) is 9.97 Å². The summed E-state index contributed by atoms with van der Waals surface area (Å²) in [7, 11) is 0. The van der Waals surface area contributed by atoms with Crippen LogP contribution in [0.1, 0.15) is 5.56 Å². The van der Waals surface area contributed by atoms with Crippen molar-refractivity contribution in [2.75, 3.05) is 5.32 Å². The average molecular weight is 309 g/mol. The van der Waals surface area contributed by atoms with Gasteiger partial charge in [0.1, 0.15) is 0 Å². The van der Waals surface area contributed by atoms with Crippen LogP contribution in [0.25, 0.3) is 0 Å². The summed E-state index contributed by atoms with van der Waals surface area (Å²) in [6.45, 7) is 0.434. The molecule has 0 radical (unpaired) electrons. The number of rotatable bonds is 4. The van der Waals surface area contributed by atoms with E-state index >= 15 is 0 Å². The van der Waals surface area contributed by atoms with Crippen LogP contribution in [0, 0.1) is 10.1 Å². The number of aromatic nitrogens is 2. The van der Waals surface area contributed by atoms with E-state index < -0.39 is 4.92 Å². The van der Waals surface area contributed by atoms with Gasteiger partial charge in [0.15, 0.2) is 0 Å². The molecular formula is C11H9BrN4O2. The molecule has 6 nitrogen and oxygen atoms in total. The number of halogens is 1. The first-order valence-corrected chi connectivity index (χ1v) is 5.89. The van der Waals surface area contributed by atoms with Crippen molar-refractivity contribution in [2.24, 2.45) is 0 Å². The van der Waals surface area contributed by atoms with E-state index in [0.717, 1.165) is 10.0 Å². The Morgan fingerprint density at radius 3 is 2.72 bits per heavy atom. The molecule has 0 saturated carbocycles. The highest BCUT2D eigenvalue weighted by Gasteiger charge is 2.05. The highest BCUT2D eigenvalue weighted by atomic mass is 79.9. The molecule has 7 heteroatoms. The van der Waals surface area contributed by atoms with Crippen molar-refractivity contribution in [3.63, 3.8) is 0 Å². The zero-order valence-electron chi connectivity index (χ0n) is 9.21. The van der Waals surface area contributed by atoms with Crippen LogP contribution in [0.3, 0.4) is 0 Å². The van der Waals surface area contributed by atoms with Crippen LogP contribution in [0.4, 0.5) is 11.6 Å². The van der Waals surface area contributed by atoms with Gasteiger partial charge in [-0.3, -0.25) is 10.1 Å². The molecule has 0 aliphatic heterocycles. The Morgan fingerprint density at radius 2 is 2.06 bits per heavy atom. The number of nitrogens with one attached hydrogen (secondary N) is 1. The van der Waals surface area contributed by atoms with Crippen LogP contribution in [0.15, 0.2) is 41.1 Å². The minimum Gasteiger partial charge on any atom is -0.350 e. The van der Waals surface area contributed by atoms with Gasteiger partial charge in [0, 0.05) is 31.1 Å². The molecule has 0 unspecified atom stereocenters. The Hall–Kier alpha value is -2.02. The van der Waals surface area contributed by atoms with Crippen LogP contribution in [0.5, 0.6) is 0 Å². The lowest BCUT2D eigenvalue weighted by molar-refractivity contribution is -0.384. The van der Waals surface area contributed by atoms with Gasteiger partial charge in [0.2, 0.25) is 5.95 Å². The first-order chi connectivity index (χ1) is 8.65. The molecule has 1 N–H and O–H groups in total. The second-order valence-electron chi connectivity index (χ2n) is 3.51. The molecule has 0 aliphatic rings. The summed E-state index contributed by atoms with van der Waals surface area (Å²) >= 11 is 3.24. The van der Waals surface area contributed by atoms with Crippen LogP contribution >= 0.6 is 15.9 Å². The maximum atomic E-state index is 10.6. The monoisotopic (exact) mass is 308 g/mol. The number of nitrogens with zero attached hydrogens (tertiary/aromatic N) is 3. The normalized spacial score (nSPS) is 10.1. The number of hydrogen-bond donors (Lipinski definition) is 1. The maximum absolute atomic E-state index is 10.6.